The van der Waals surface area contributed by atoms with Gasteiger partial charge < -0.3 is 9.47 Å². The Morgan fingerprint density at radius 2 is 1.85 bits per heavy atom. The number of carbonyl (C=O) groups excluding carboxylic acids is 2. The second kappa shape index (κ2) is 8.19. The van der Waals surface area contributed by atoms with Crippen LogP contribution in [0.5, 0.6) is 0 Å². The van der Waals surface area contributed by atoms with Gasteiger partial charge in [-0.2, -0.15) is 0 Å². The van der Waals surface area contributed by atoms with Gasteiger partial charge in [0, 0.05) is 5.69 Å². The van der Waals surface area contributed by atoms with E-state index < -0.39 is 6.09 Å². The Labute approximate surface area is 119 Å². The lowest BCUT2D eigenvalue weighted by Gasteiger charge is -2.09. The SMILES string of the molecule is CCCCOC(=O)Nc1ccc(C(=O)OC(C)C)cc1. The highest BCUT2D eigenvalue weighted by Gasteiger charge is 2.09. The van der Waals surface area contributed by atoms with E-state index in [1.54, 1.807) is 38.1 Å². The van der Waals surface area contributed by atoms with Crippen LogP contribution >= 0.6 is 0 Å². The number of benzene rings is 1. The summed E-state index contributed by atoms with van der Waals surface area (Å²) in [6.45, 7) is 6.01. The summed E-state index contributed by atoms with van der Waals surface area (Å²) in [6, 6.07) is 6.48. The first-order valence-corrected chi connectivity index (χ1v) is 6.77. The summed E-state index contributed by atoms with van der Waals surface area (Å²) in [5.74, 6) is -0.378. The number of ether oxygens (including phenoxy) is 2. The summed E-state index contributed by atoms with van der Waals surface area (Å²) in [4.78, 5) is 23.1. The first-order valence-electron chi connectivity index (χ1n) is 6.77. The van der Waals surface area contributed by atoms with Crippen LogP contribution in [0.25, 0.3) is 0 Å². The zero-order chi connectivity index (χ0) is 15.0. The van der Waals surface area contributed by atoms with Gasteiger partial charge in [0.1, 0.15) is 0 Å². The second-order valence-corrected chi connectivity index (χ2v) is 4.65. The van der Waals surface area contributed by atoms with Gasteiger partial charge in [0.25, 0.3) is 0 Å². The molecule has 0 aliphatic rings. The first-order chi connectivity index (χ1) is 9.52. The van der Waals surface area contributed by atoms with Gasteiger partial charge in [-0.1, -0.05) is 13.3 Å². The molecule has 0 aliphatic heterocycles. The summed E-state index contributed by atoms with van der Waals surface area (Å²) in [5, 5.41) is 2.59. The topological polar surface area (TPSA) is 64.6 Å². The Morgan fingerprint density at radius 1 is 1.20 bits per heavy atom. The molecule has 0 aliphatic carbocycles. The van der Waals surface area contributed by atoms with Crippen LogP contribution in [0.4, 0.5) is 10.5 Å². The molecule has 0 bridgehead atoms. The third-order valence-electron chi connectivity index (χ3n) is 2.44. The molecule has 1 N–H and O–H groups in total. The minimum absolute atomic E-state index is 0.158. The molecule has 0 saturated carbocycles. The fourth-order valence-electron chi connectivity index (χ4n) is 1.43. The highest BCUT2D eigenvalue weighted by Crippen LogP contribution is 2.11. The summed E-state index contributed by atoms with van der Waals surface area (Å²) in [5.41, 5.74) is 1.02. The lowest BCUT2D eigenvalue weighted by Crippen LogP contribution is -2.15. The van der Waals surface area contributed by atoms with E-state index >= 15 is 0 Å². The van der Waals surface area contributed by atoms with Gasteiger partial charge in [0.05, 0.1) is 18.3 Å². The van der Waals surface area contributed by atoms with E-state index in [0.29, 0.717) is 17.9 Å². The zero-order valence-electron chi connectivity index (χ0n) is 12.1. The highest BCUT2D eigenvalue weighted by molar-refractivity contribution is 5.91. The van der Waals surface area contributed by atoms with E-state index in [-0.39, 0.29) is 12.1 Å². The molecule has 0 atom stereocenters. The maximum absolute atomic E-state index is 11.6. The van der Waals surface area contributed by atoms with E-state index in [9.17, 15) is 9.59 Å². The van der Waals surface area contributed by atoms with Crippen molar-refractivity contribution in [2.24, 2.45) is 0 Å². The third kappa shape index (κ3) is 5.73. The van der Waals surface area contributed by atoms with E-state index in [1.807, 2.05) is 6.92 Å². The molecule has 0 spiro atoms. The number of anilines is 1. The molecule has 0 unspecified atom stereocenters. The van der Waals surface area contributed by atoms with Crippen molar-refractivity contribution in [2.45, 2.75) is 39.7 Å². The Kier molecular flexibility index (Phi) is 6.56. The van der Waals surface area contributed by atoms with Crippen LogP contribution in [0.1, 0.15) is 44.0 Å². The number of amides is 1. The van der Waals surface area contributed by atoms with Gasteiger partial charge >= 0.3 is 12.1 Å². The Morgan fingerprint density at radius 3 is 2.40 bits per heavy atom. The number of carbonyl (C=O) groups is 2. The van der Waals surface area contributed by atoms with Gasteiger partial charge in [0.2, 0.25) is 0 Å². The summed E-state index contributed by atoms with van der Waals surface area (Å²) < 4.78 is 10.0. The first kappa shape index (κ1) is 16.0. The van der Waals surface area contributed by atoms with Gasteiger partial charge in [-0.25, -0.2) is 9.59 Å². The van der Waals surface area contributed by atoms with E-state index in [0.717, 1.165) is 12.8 Å². The van der Waals surface area contributed by atoms with Crippen LogP contribution in [0.2, 0.25) is 0 Å². The maximum Gasteiger partial charge on any atom is 0.411 e. The summed E-state index contributed by atoms with van der Waals surface area (Å²) in [7, 11) is 0. The molecular formula is C15H21NO4. The molecule has 5 nitrogen and oxygen atoms in total. The van der Waals surface area contributed by atoms with Crippen LogP contribution in [0.3, 0.4) is 0 Å². The minimum atomic E-state index is -0.490. The molecule has 110 valence electrons. The monoisotopic (exact) mass is 279 g/mol. The van der Waals surface area contributed by atoms with Crippen molar-refractivity contribution in [3.05, 3.63) is 29.8 Å². The number of nitrogens with one attached hydrogen (secondary N) is 1. The van der Waals surface area contributed by atoms with Crippen LogP contribution in [0.15, 0.2) is 24.3 Å². The van der Waals surface area contributed by atoms with Crippen molar-refractivity contribution >= 4 is 17.7 Å². The average molecular weight is 279 g/mol. The van der Waals surface area contributed by atoms with Crippen LogP contribution in [0, 0.1) is 0 Å². The number of unbranched alkanes of at least 4 members (excludes halogenated alkanes) is 1. The van der Waals surface area contributed by atoms with Crippen LogP contribution in [-0.2, 0) is 9.47 Å². The van der Waals surface area contributed by atoms with Crippen molar-refractivity contribution in [1.29, 1.82) is 0 Å². The van der Waals surface area contributed by atoms with Crippen molar-refractivity contribution in [1.82, 2.24) is 0 Å². The number of hydrogen-bond acceptors (Lipinski definition) is 4. The summed E-state index contributed by atoms with van der Waals surface area (Å²) in [6.07, 6.45) is 1.16. The van der Waals surface area contributed by atoms with Crippen molar-refractivity contribution in [3.63, 3.8) is 0 Å². The largest absolute Gasteiger partial charge is 0.459 e. The third-order valence-corrected chi connectivity index (χ3v) is 2.44. The highest BCUT2D eigenvalue weighted by atomic mass is 16.5. The predicted octanol–water partition coefficient (Wildman–Crippen LogP) is 3.60. The molecule has 1 aromatic carbocycles. The van der Waals surface area contributed by atoms with Gasteiger partial charge in [-0.3, -0.25) is 5.32 Å². The van der Waals surface area contributed by atoms with Crippen molar-refractivity contribution < 1.29 is 19.1 Å². The molecule has 0 saturated heterocycles. The second-order valence-electron chi connectivity index (χ2n) is 4.65. The number of rotatable bonds is 6. The van der Waals surface area contributed by atoms with Crippen LogP contribution in [-0.4, -0.2) is 24.8 Å². The molecule has 0 aromatic heterocycles. The number of hydrogen-bond donors (Lipinski definition) is 1. The smallest absolute Gasteiger partial charge is 0.411 e. The quantitative estimate of drug-likeness (QED) is 0.638. The molecule has 5 heteroatoms. The molecule has 20 heavy (non-hydrogen) atoms. The lowest BCUT2D eigenvalue weighted by molar-refractivity contribution is 0.0378. The predicted molar refractivity (Wildman–Crippen MR) is 76.9 cm³/mol. The average Bonchev–Trinajstić information content (AvgIpc) is 2.39. The van der Waals surface area contributed by atoms with E-state index in [4.69, 9.17) is 9.47 Å². The molecule has 0 heterocycles. The van der Waals surface area contributed by atoms with Crippen molar-refractivity contribution in [2.75, 3.05) is 11.9 Å². The van der Waals surface area contributed by atoms with Gasteiger partial charge in [0.15, 0.2) is 0 Å². The maximum atomic E-state index is 11.6. The fraction of sp³-hybridized carbons (Fsp3) is 0.467. The van der Waals surface area contributed by atoms with E-state index in [1.165, 1.54) is 0 Å². The summed E-state index contributed by atoms with van der Waals surface area (Å²) >= 11 is 0. The normalized spacial score (nSPS) is 10.2. The Hall–Kier alpha value is -2.04. The molecule has 0 fully saturated rings. The zero-order valence-corrected chi connectivity index (χ0v) is 12.1. The molecule has 1 amide bonds. The number of esters is 1. The standard InChI is InChI=1S/C15H21NO4/c1-4-5-10-19-15(18)16-13-8-6-12(7-9-13)14(17)20-11(2)3/h6-9,11H,4-5,10H2,1-3H3,(H,16,18). The molecule has 0 radical (unpaired) electrons. The van der Waals surface area contributed by atoms with E-state index in [2.05, 4.69) is 5.32 Å². The van der Waals surface area contributed by atoms with Gasteiger partial charge in [-0.05, 0) is 44.5 Å². The Bertz CT molecular complexity index is 440. The van der Waals surface area contributed by atoms with Crippen LogP contribution < -0.4 is 5.32 Å². The Balaban J connectivity index is 2.50. The minimum Gasteiger partial charge on any atom is -0.459 e. The lowest BCUT2D eigenvalue weighted by atomic mass is 10.2. The van der Waals surface area contributed by atoms with Crippen molar-refractivity contribution in [3.8, 4) is 0 Å². The molecule has 1 rings (SSSR count). The molecule has 1 aromatic rings. The van der Waals surface area contributed by atoms with Gasteiger partial charge in [-0.15, -0.1) is 0 Å². The fourth-order valence-corrected chi connectivity index (χ4v) is 1.43. The molecular weight excluding hydrogens is 258 g/mol.